The van der Waals surface area contributed by atoms with E-state index < -0.39 is 6.10 Å². The number of benzene rings is 3. The molecule has 6 rings (SSSR count). The molecule has 5 unspecified atom stereocenters. The van der Waals surface area contributed by atoms with Crippen LogP contribution >= 0.6 is 0 Å². The van der Waals surface area contributed by atoms with E-state index in [-0.39, 0.29) is 29.7 Å². The fourth-order valence-corrected chi connectivity index (χ4v) is 6.96. The second-order valence-corrected chi connectivity index (χ2v) is 11.8. The number of carbonyl (C=O) groups is 2. The normalized spacial score (nSPS) is 23.9. The van der Waals surface area contributed by atoms with Crippen LogP contribution in [0.2, 0.25) is 0 Å². The summed E-state index contributed by atoms with van der Waals surface area (Å²) in [6.07, 6.45) is 1.02. The van der Waals surface area contributed by atoms with Crippen LogP contribution in [0.4, 0.5) is 0 Å². The third kappa shape index (κ3) is 5.00. The van der Waals surface area contributed by atoms with Gasteiger partial charge >= 0.3 is 0 Å². The van der Waals surface area contributed by atoms with Crippen molar-refractivity contribution in [3.63, 3.8) is 0 Å². The maximum absolute atomic E-state index is 13.7. The quantitative estimate of drug-likeness (QED) is 0.386. The Balaban J connectivity index is 1.13. The Bertz CT molecular complexity index is 1360. The summed E-state index contributed by atoms with van der Waals surface area (Å²) in [5, 5.41) is 11.5. The van der Waals surface area contributed by atoms with Crippen LogP contribution in [0.5, 0.6) is 0 Å². The standard InChI is InChI=1S/C34H39N3O3/c1-23(26-10-5-3-6-11-26)35-18-16-25(20-35)21-37-33(39)30-15-9-14-29(31(30)34(37)40)32(38)28-17-19-36(22-28)24(2)27-12-7-4-8-13-27/h3-15,23-25,28,32,38H,16-22H2,1-2H3. The molecule has 0 aliphatic carbocycles. The maximum Gasteiger partial charge on any atom is 0.261 e. The van der Waals surface area contributed by atoms with E-state index in [4.69, 9.17) is 0 Å². The summed E-state index contributed by atoms with van der Waals surface area (Å²) in [4.78, 5) is 33.4. The third-order valence-corrected chi connectivity index (χ3v) is 9.47. The lowest BCUT2D eigenvalue weighted by Gasteiger charge is -2.26. The predicted molar refractivity (Wildman–Crippen MR) is 156 cm³/mol. The molecule has 3 aromatic carbocycles. The molecule has 1 N–H and O–H groups in total. The summed E-state index contributed by atoms with van der Waals surface area (Å²) in [5.74, 6) is -0.229. The highest BCUT2D eigenvalue weighted by Crippen LogP contribution is 2.39. The van der Waals surface area contributed by atoms with Gasteiger partial charge in [0.15, 0.2) is 0 Å². The first-order valence-corrected chi connectivity index (χ1v) is 14.7. The molecule has 0 bridgehead atoms. The Morgan fingerprint density at radius 3 is 2.00 bits per heavy atom. The SMILES string of the molecule is CC(c1ccccc1)N1CCC(CN2C(=O)c3cccc(C(O)C4CCN(C(C)c5ccccc5)C4)c3C2=O)C1. The highest BCUT2D eigenvalue weighted by Gasteiger charge is 2.42. The molecule has 0 radical (unpaired) electrons. The minimum absolute atomic E-state index is 0.0116. The summed E-state index contributed by atoms with van der Waals surface area (Å²) < 4.78 is 0. The van der Waals surface area contributed by atoms with Crippen LogP contribution in [0.3, 0.4) is 0 Å². The first kappa shape index (κ1) is 26.9. The number of aliphatic hydroxyl groups is 1. The molecule has 2 fully saturated rings. The fraction of sp³-hybridized carbons (Fsp3) is 0.412. The molecule has 3 aliphatic rings. The number of hydrogen-bond acceptors (Lipinski definition) is 5. The zero-order chi connectivity index (χ0) is 27.8. The van der Waals surface area contributed by atoms with Crippen molar-refractivity contribution in [1.29, 1.82) is 0 Å². The van der Waals surface area contributed by atoms with E-state index in [1.807, 2.05) is 24.3 Å². The van der Waals surface area contributed by atoms with Gasteiger partial charge in [-0.3, -0.25) is 24.3 Å². The Kier molecular flexibility index (Phi) is 7.58. The van der Waals surface area contributed by atoms with Gasteiger partial charge < -0.3 is 5.11 Å². The highest BCUT2D eigenvalue weighted by molar-refractivity contribution is 6.22. The van der Waals surface area contributed by atoms with Crippen molar-refractivity contribution in [2.45, 2.75) is 44.9 Å². The first-order chi connectivity index (χ1) is 19.4. The molecule has 0 spiro atoms. The number of likely N-dealkylation sites (tertiary alicyclic amines) is 2. The summed E-state index contributed by atoms with van der Waals surface area (Å²) >= 11 is 0. The van der Waals surface area contributed by atoms with Gasteiger partial charge in [0.05, 0.1) is 17.2 Å². The number of amides is 2. The third-order valence-electron chi connectivity index (χ3n) is 9.47. The molecule has 2 amide bonds. The monoisotopic (exact) mass is 537 g/mol. The Hall–Kier alpha value is -3.32. The number of carbonyl (C=O) groups excluding carboxylic acids is 2. The van der Waals surface area contributed by atoms with Crippen molar-refractivity contribution < 1.29 is 14.7 Å². The van der Waals surface area contributed by atoms with Gasteiger partial charge in [0, 0.05) is 37.6 Å². The van der Waals surface area contributed by atoms with Gasteiger partial charge in [0.2, 0.25) is 0 Å². The molecule has 6 nitrogen and oxygen atoms in total. The van der Waals surface area contributed by atoms with E-state index in [0.29, 0.717) is 29.3 Å². The second-order valence-electron chi connectivity index (χ2n) is 11.8. The van der Waals surface area contributed by atoms with Crippen molar-refractivity contribution in [3.8, 4) is 0 Å². The molecule has 2 saturated heterocycles. The molecule has 6 heteroatoms. The topological polar surface area (TPSA) is 64.1 Å². The molecule has 0 saturated carbocycles. The van der Waals surface area contributed by atoms with Crippen molar-refractivity contribution in [1.82, 2.24) is 14.7 Å². The van der Waals surface area contributed by atoms with Crippen molar-refractivity contribution in [3.05, 3.63) is 107 Å². The van der Waals surface area contributed by atoms with Crippen LogP contribution < -0.4 is 0 Å². The van der Waals surface area contributed by atoms with Crippen molar-refractivity contribution in [2.24, 2.45) is 11.8 Å². The number of hydrogen-bond donors (Lipinski definition) is 1. The Labute approximate surface area is 237 Å². The lowest BCUT2D eigenvalue weighted by atomic mass is 9.90. The number of aliphatic hydroxyl groups excluding tert-OH is 1. The van der Waals surface area contributed by atoms with Crippen molar-refractivity contribution >= 4 is 11.8 Å². The van der Waals surface area contributed by atoms with Crippen LogP contribution in [0.15, 0.2) is 78.9 Å². The van der Waals surface area contributed by atoms with Gasteiger partial charge in [-0.05, 0) is 68.5 Å². The van der Waals surface area contributed by atoms with Crippen LogP contribution in [0, 0.1) is 11.8 Å². The zero-order valence-electron chi connectivity index (χ0n) is 23.4. The van der Waals surface area contributed by atoms with E-state index in [1.165, 1.54) is 16.0 Å². The Morgan fingerprint density at radius 2 is 1.35 bits per heavy atom. The fourth-order valence-electron chi connectivity index (χ4n) is 6.96. The van der Waals surface area contributed by atoms with Crippen LogP contribution in [-0.4, -0.2) is 64.3 Å². The van der Waals surface area contributed by atoms with Gasteiger partial charge in [-0.1, -0.05) is 72.8 Å². The van der Waals surface area contributed by atoms with Gasteiger partial charge in [-0.2, -0.15) is 0 Å². The summed E-state index contributed by atoms with van der Waals surface area (Å²) in [6, 6.07) is 26.8. The molecule has 0 aromatic heterocycles. The van der Waals surface area contributed by atoms with Crippen LogP contribution in [0.1, 0.15) is 82.3 Å². The van der Waals surface area contributed by atoms with Gasteiger partial charge in [0.1, 0.15) is 0 Å². The molecule has 208 valence electrons. The molecule has 3 heterocycles. The second kappa shape index (κ2) is 11.3. The number of imide groups is 1. The lowest BCUT2D eigenvalue weighted by molar-refractivity contribution is 0.0623. The average molecular weight is 538 g/mol. The zero-order valence-corrected chi connectivity index (χ0v) is 23.4. The maximum atomic E-state index is 13.7. The largest absolute Gasteiger partial charge is 0.388 e. The predicted octanol–water partition coefficient (Wildman–Crippen LogP) is 5.48. The van der Waals surface area contributed by atoms with E-state index in [0.717, 1.165) is 39.0 Å². The first-order valence-electron chi connectivity index (χ1n) is 14.7. The van der Waals surface area contributed by atoms with Gasteiger partial charge in [-0.15, -0.1) is 0 Å². The molecular formula is C34H39N3O3. The van der Waals surface area contributed by atoms with Crippen LogP contribution in [-0.2, 0) is 0 Å². The number of nitrogens with zero attached hydrogens (tertiary/aromatic N) is 3. The molecule has 3 aromatic rings. The van der Waals surface area contributed by atoms with Crippen LogP contribution in [0.25, 0.3) is 0 Å². The van der Waals surface area contributed by atoms with Gasteiger partial charge in [-0.25, -0.2) is 0 Å². The lowest BCUT2D eigenvalue weighted by Crippen LogP contribution is -2.36. The van der Waals surface area contributed by atoms with Gasteiger partial charge in [0.25, 0.3) is 11.8 Å². The summed E-state index contributed by atoms with van der Waals surface area (Å²) in [6.45, 7) is 8.30. The van der Waals surface area contributed by atoms with Crippen molar-refractivity contribution in [2.75, 3.05) is 32.7 Å². The van der Waals surface area contributed by atoms with E-state index in [1.54, 1.807) is 6.07 Å². The Morgan fingerprint density at radius 1 is 0.750 bits per heavy atom. The molecular weight excluding hydrogens is 498 g/mol. The number of fused-ring (bicyclic) bond motifs is 1. The molecule has 40 heavy (non-hydrogen) atoms. The average Bonchev–Trinajstić information content (AvgIpc) is 3.73. The smallest absolute Gasteiger partial charge is 0.261 e. The summed E-state index contributed by atoms with van der Waals surface area (Å²) in [7, 11) is 0. The molecule has 3 aliphatic heterocycles. The van der Waals surface area contributed by atoms with E-state index >= 15 is 0 Å². The minimum Gasteiger partial charge on any atom is -0.388 e. The summed E-state index contributed by atoms with van der Waals surface area (Å²) in [5.41, 5.74) is 3.98. The van der Waals surface area contributed by atoms with E-state index in [2.05, 4.69) is 72.2 Å². The van der Waals surface area contributed by atoms with E-state index in [9.17, 15) is 14.7 Å². The highest BCUT2D eigenvalue weighted by atomic mass is 16.3. The minimum atomic E-state index is -0.784. The molecule has 5 atom stereocenters. The number of rotatable bonds is 8.